The van der Waals surface area contributed by atoms with Crippen LogP contribution in [0.4, 0.5) is 5.69 Å². The van der Waals surface area contributed by atoms with Crippen LogP contribution in [0.25, 0.3) is 6.08 Å². The number of carbonyl (C=O) groups is 2. The maximum atomic E-state index is 12.6. The Hall–Kier alpha value is -2.62. The van der Waals surface area contributed by atoms with Crippen molar-refractivity contribution in [3.63, 3.8) is 0 Å². The second-order valence-corrected chi connectivity index (χ2v) is 9.76. The number of rotatable bonds is 10. The van der Waals surface area contributed by atoms with Crippen molar-refractivity contribution < 1.29 is 19.1 Å². The van der Waals surface area contributed by atoms with Gasteiger partial charge in [-0.2, -0.15) is 0 Å². The molecule has 6 nitrogen and oxygen atoms in total. The van der Waals surface area contributed by atoms with Crippen molar-refractivity contribution >= 4 is 67.8 Å². The lowest BCUT2D eigenvalue weighted by atomic mass is 10.1. The van der Waals surface area contributed by atoms with Crippen LogP contribution in [-0.4, -0.2) is 40.8 Å². The van der Waals surface area contributed by atoms with E-state index < -0.39 is 0 Å². The highest BCUT2D eigenvalue weighted by molar-refractivity contribution is 9.10. The predicted molar refractivity (Wildman–Crippen MR) is 145 cm³/mol. The number of anilines is 1. The van der Waals surface area contributed by atoms with Crippen LogP contribution < -0.4 is 14.8 Å². The number of nitrogens with zero attached hydrogens (tertiary/aromatic N) is 1. The van der Waals surface area contributed by atoms with E-state index in [0.29, 0.717) is 44.0 Å². The molecule has 1 aliphatic rings. The number of carbonyl (C=O) groups excluding carboxylic acids is 2. The van der Waals surface area contributed by atoms with Gasteiger partial charge in [-0.25, -0.2) is 0 Å². The zero-order valence-corrected chi connectivity index (χ0v) is 22.1. The molecule has 0 aliphatic carbocycles. The van der Waals surface area contributed by atoms with Crippen molar-refractivity contribution in [3.05, 3.63) is 69.6 Å². The lowest BCUT2D eigenvalue weighted by Crippen LogP contribution is -2.27. The van der Waals surface area contributed by atoms with E-state index in [0.717, 1.165) is 12.0 Å². The Morgan fingerprint density at radius 1 is 1.24 bits per heavy atom. The zero-order valence-electron chi connectivity index (χ0n) is 18.9. The number of halogens is 1. The van der Waals surface area contributed by atoms with E-state index in [1.54, 1.807) is 24.3 Å². The lowest BCUT2D eigenvalue weighted by Gasteiger charge is -2.15. The van der Waals surface area contributed by atoms with Gasteiger partial charge >= 0.3 is 0 Å². The van der Waals surface area contributed by atoms with Crippen LogP contribution in [0.5, 0.6) is 11.5 Å². The molecule has 2 aromatic carbocycles. The normalized spacial score (nSPS) is 14.4. The molecule has 0 saturated carbocycles. The Bertz CT molecular complexity index is 1130. The molecular weight excluding hydrogens is 536 g/mol. The van der Waals surface area contributed by atoms with Gasteiger partial charge in [-0.3, -0.25) is 14.5 Å². The third-order valence-corrected chi connectivity index (χ3v) is 6.78. The molecule has 0 radical (unpaired) electrons. The summed E-state index contributed by atoms with van der Waals surface area (Å²) in [6.45, 7) is 8.19. The van der Waals surface area contributed by atoms with Crippen LogP contribution in [-0.2, 0) is 16.0 Å². The van der Waals surface area contributed by atoms with Crippen LogP contribution in [0.2, 0.25) is 0 Å². The van der Waals surface area contributed by atoms with Crippen molar-refractivity contribution in [1.82, 2.24) is 4.90 Å². The molecule has 1 N–H and O–H groups in total. The largest absolute Gasteiger partial charge is 0.490 e. The Kier molecular flexibility index (Phi) is 9.32. The van der Waals surface area contributed by atoms with Crippen molar-refractivity contribution in [2.45, 2.75) is 20.3 Å². The Balaban J connectivity index is 1.74. The summed E-state index contributed by atoms with van der Waals surface area (Å²) in [5.74, 6) is 0.431. The van der Waals surface area contributed by atoms with Gasteiger partial charge in [0.15, 0.2) is 18.1 Å². The van der Waals surface area contributed by atoms with Crippen LogP contribution in [0, 0.1) is 0 Å². The minimum Gasteiger partial charge on any atom is -0.490 e. The number of amides is 2. The van der Waals surface area contributed by atoms with Gasteiger partial charge in [-0.05, 0) is 70.7 Å². The molecule has 178 valence electrons. The fourth-order valence-corrected chi connectivity index (χ4v) is 5.02. The first-order valence-corrected chi connectivity index (χ1v) is 12.7. The monoisotopic (exact) mass is 560 g/mol. The number of thioether (sulfide) groups is 1. The quantitative estimate of drug-likeness (QED) is 0.224. The highest BCUT2D eigenvalue weighted by atomic mass is 79.9. The lowest BCUT2D eigenvalue weighted by molar-refractivity contribution is -0.121. The fraction of sp³-hybridized carbons (Fsp3) is 0.240. The Morgan fingerprint density at radius 2 is 1.97 bits per heavy atom. The zero-order chi connectivity index (χ0) is 24.7. The van der Waals surface area contributed by atoms with Gasteiger partial charge in [0.25, 0.3) is 11.8 Å². The summed E-state index contributed by atoms with van der Waals surface area (Å²) in [7, 11) is 0. The molecule has 0 aromatic heterocycles. The molecule has 0 bridgehead atoms. The van der Waals surface area contributed by atoms with Gasteiger partial charge in [-0.1, -0.05) is 49.1 Å². The number of ether oxygens (including phenoxy) is 2. The summed E-state index contributed by atoms with van der Waals surface area (Å²) >= 11 is 10.0. The van der Waals surface area contributed by atoms with E-state index in [2.05, 4.69) is 34.7 Å². The van der Waals surface area contributed by atoms with Gasteiger partial charge in [-0.15, -0.1) is 6.58 Å². The average Bonchev–Trinajstić information content (AvgIpc) is 3.07. The van der Waals surface area contributed by atoms with E-state index in [1.165, 1.54) is 22.2 Å². The van der Waals surface area contributed by atoms with Crippen LogP contribution in [0.3, 0.4) is 0 Å². The van der Waals surface area contributed by atoms with Crippen molar-refractivity contribution in [2.75, 3.05) is 25.1 Å². The number of hydrogen-bond donors (Lipinski definition) is 1. The highest BCUT2D eigenvalue weighted by Gasteiger charge is 2.31. The molecule has 9 heteroatoms. The topological polar surface area (TPSA) is 67.9 Å². The molecule has 1 heterocycles. The smallest absolute Gasteiger partial charge is 0.266 e. The Labute approximate surface area is 217 Å². The first-order valence-electron chi connectivity index (χ1n) is 10.7. The van der Waals surface area contributed by atoms with E-state index in [4.69, 9.17) is 21.7 Å². The third-order valence-electron chi connectivity index (χ3n) is 4.81. The summed E-state index contributed by atoms with van der Waals surface area (Å²) in [4.78, 5) is 27.0. The minimum atomic E-state index is -0.284. The van der Waals surface area contributed by atoms with Crippen LogP contribution >= 0.6 is 39.9 Å². The molecule has 0 spiro atoms. The molecule has 3 rings (SSSR count). The number of aryl methyl sites for hydroxylation is 1. The summed E-state index contributed by atoms with van der Waals surface area (Å²) in [5.41, 5.74) is 2.64. The van der Waals surface area contributed by atoms with E-state index in [1.807, 2.05) is 31.2 Å². The second kappa shape index (κ2) is 12.2. The van der Waals surface area contributed by atoms with Gasteiger partial charge in [0, 0.05) is 12.2 Å². The Morgan fingerprint density at radius 3 is 2.62 bits per heavy atom. The molecule has 1 aliphatic heterocycles. The summed E-state index contributed by atoms with van der Waals surface area (Å²) < 4.78 is 12.6. The minimum absolute atomic E-state index is 0.159. The number of nitrogens with one attached hydrogen (secondary N) is 1. The predicted octanol–water partition coefficient (Wildman–Crippen LogP) is 5.81. The maximum absolute atomic E-state index is 12.6. The van der Waals surface area contributed by atoms with Gasteiger partial charge < -0.3 is 14.8 Å². The summed E-state index contributed by atoms with van der Waals surface area (Å²) in [6, 6.07) is 11.3. The molecular formula is C25H25BrN2O4S2. The van der Waals surface area contributed by atoms with Crippen LogP contribution in [0.1, 0.15) is 25.0 Å². The van der Waals surface area contributed by atoms with Crippen LogP contribution in [0.15, 0.2) is 58.4 Å². The SMILES string of the molecule is C=CCN1C(=O)/C(=C/c2cc(Br)c(OCC(=O)Nc3ccc(CC)cc3)c(OCC)c2)SC1=S. The number of benzene rings is 2. The molecule has 0 unspecified atom stereocenters. The molecule has 2 aromatic rings. The van der Waals surface area contributed by atoms with Gasteiger partial charge in [0.1, 0.15) is 4.32 Å². The second-order valence-electron chi connectivity index (χ2n) is 7.23. The number of thiocarbonyl (C=S) groups is 1. The first kappa shape index (κ1) is 26.0. The third kappa shape index (κ3) is 6.49. The average molecular weight is 562 g/mol. The fourth-order valence-electron chi connectivity index (χ4n) is 3.17. The molecule has 0 atom stereocenters. The maximum Gasteiger partial charge on any atom is 0.266 e. The van der Waals surface area contributed by atoms with Crippen molar-refractivity contribution in [2.24, 2.45) is 0 Å². The van der Waals surface area contributed by atoms with Gasteiger partial charge in [0.05, 0.1) is 16.0 Å². The molecule has 34 heavy (non-hydrogen) atoms. The molecule has 2 amide bonds. The standard InChI is InChI=1S/C25H25BrN2O4S2/c1-4-11-28-24(30)21(34-25(28)33)14-17-12-19(26)23(20(13-17)31-6-3)32-15-22(29)27-18-9-7-16(5-2)8-10-18/h4,7-10,12-14H,1,5-6,11,15H2,2-3H3,(H,27,29)/b21-14-. The van der Waals surface area contributed by atoms with Crippen molar-refractivity contribution in [3.8, 4) is 11.5 Å². The molecule has 1 fully saturated rings. The first-order chi connectivity index (χ1) is 16.4. The summed E-state index contributed by atoms with van der Waals surface area (Å²) in [5, 5.41) is 2.82. The van der Waals surface area contributed by atoms with E-state index in [-0.39, 0.29) is 18.4 Å². The van der Waals surface area contributed by atoms with E-state index >= 15 is 0 Å². The van der Waals surface area contributed by atoms with Crippen molar-refractivity contribution in [1.29, 1.82) is 0 Å². The van der Waals surface area contributed by atoms with Gasteiger partial charge in [0.2, 0.25) is 0 Å². The van der Waals surface area contributed by atoms with E-state index in [9.17, 15) is 9.59 Å². The number of hydrogen-bond acceptors (Lipinski definition) is 6. The summed E-state index contributed by atoms with van der Waals surface area (Å²) in [6.07, 6.45) is 4.33. The highest BCUT2D eigenvalue weighted by Crippen LogP contribution is 2.39. The molecule has 1 saturated heterocycles.